The number of benzene rings is 1. The van der Waals surface area contributed by atoms with Crippen LogP contribution in [0, 0.1) is 5.92 Å². The van der Waals surface area contributed by atoms with Gasteiger partial charge in [0.15, 0.2) is 0 Å². The van der Waals surface area contributed by atoms with Crippen LogP contribution in [0.15, 0.2) is 30.5 Å². The van der Waals surface area contributed by atoms with E-state index in [1.54, 1.807) is 11.8 Å². The Bertz CT molecular complexity index is 906. The minimum Gasteiger partial charge on any atom is -0.361 e. The molecule has 0 aliphatic carbocycles. The summed E-state index contributed by atoms with van der Waals surface area (Å²) in [6, 6.07) is 8.01. The van der Waals surface area contributed by atoms with Crippen molar-refractivity contribution < 1.29 is 14.4 Å². The lowest BCUT2D eigenvalue weighted by atomic mass is 9.94. The first-order valence-electron chi connectivity index (χ1n) is 10.4. The number of amides is 3. The standard InChI is InChI=1S/C22H28N4O3/c1-16(27)24-10-12-26(13-11-24)22(29)17-6-8-25(9-7-17)21(28)14-18-15-23-20-5-3-2-4-19(18)20/h2-5,15,17,23H,6-14H2,1H3. The van der Waals surface area contributed by atoms with Crippen molar-refractivity contribution in [1.29, 1.82) is 0 Å². The molecule has 2 fully saturated rings. The van der Waals surface area contributed by atoms with E-state index in [2.05, 4.69) is 4.98 Å². The highest BCUT2D eigenvalue weighted by Gasteiger charge is 2.32. The Morgan fingerprint density at radius 1 is 0.931 bits per heavy atom. The van der Waals surface area contributed by atoms with Gasteiger partial charge in [-0.25, -0.2) is 0 Å². The van der Waals surface area contributed by atoms with Crippen molar-refractivity contribution in [1.82, 2.24) is 19.7 Å². The Labute approximate surface area is 170 Å². The van der Waals surface area contributed by atoms with Gasteiger partial charge in [-0.3, -0.25) is 14.4 Å². The zero-order valence-corrected chi connectivity index (χ0v) is 16.9. The number of aromatic nitrogens is 1. The van der Waals surface area contributed by atoms with Crippen LogP contribution in [-0.4, -0.2) is 76.7 Å². The fraction of sp³-hybridized carbons (Fsp3) is 0.500. The lowest BCUT2D eigenvalue weighted by Gasteiger charge is -2.38. The number of piperidine rings is 1. The Morgan fingerprint density at radius 2 is 1.59 bits per heavy atom. The third-order valence-electron chi connectivity index (χ3n) is 6.25. The predicted molar refractivity (Wildman–Crippen MR) is 110 cm³/mol. The van der Waals surface area contributed by atoms with Crippen molar-refractivity contribution in [3.8, 4) is 0 Å². The summed E-state index contributed by atoms with van der Waals surface area (Å²) >= 11 is 0. The first kappa shape index (κ1) is 19.5. The number of carbonyl (C=O) groups is 3. The quantitative estimate of drug-likeness (QED) is 0.857. The van der Waals surface area contributed by atoms with Crippen molar-refractivity contribution in [2.45, 2.75) is 26.2 Å². The molecule has 1 aromatic heterocycles. The lowest BCUT2D eigenvalue weighted by Crippen LogP contribution is -2.52. The third kappa shape index (κ3) is 4.13. The molecular formula is C22H28N4O3. The number of para-hydroxylation sites is 1. The van der Waals surface area contributed by atoms with Crippen LogP contribution in [0.5, 0.6) is 0 Å². The zero-order chi connectivity index (χ0) is 20.4. The maximum atomic E-state index is 12.8. The van der Waals surface area contributed by atoms with Crippen LogP contribution in [0.4, 0.5) is 0 Å². The van der Waals surface area contributed by atoms with E-state index in [4.69, 9.17) is 0 Å². The second-order valence-corrected chi connectivity index (χ2v) is 8.02. The predicted octanol–water partition coefficient (Wildman–Crippen LogP) is 1.64. The summed E-state index contributed by atoms with van der Waals surface area (Å²) in [6.45, 7) is 5.28. The lowest BCUT2D eigenvalue weighted by molar-refractivity contribution is -0.144. The Kier molecular flexibility index (Phi) is 5.56. The normalized spacial score (nSPS) is 18.3. The molecule has 2 saturated heterocycles. The minimum atomic E-state index is -0.0176. The van der Waals surface area contributed by atoms with Crippen LogP contribution in [-0.2, 0) is 20.8 Å². The number of nitrogens with zero attached hydrogens (tertiary/aromatic N) is 3. The highest BCUT2D eigenvalue weighted by Crippen LogP contribution is 2.23. The number of piperazine rings is 1. The summed E-state index contributed by atoms with van der Waals surface area (Å²) in [7, 11) is 0. The molecule has 3 amide bonds. The Hall–Kier alpha value is -2.83. The number of rotatable bonds is 3. The van der Waals surface area contributed by atoms with Crippen molar-refractivity contribution in [2.24, 2.45) is 5.92 Å². The molecule has 154 valence electrons. The van der Waals surface area contributed by atoms with E-state index in [0.29, 0.717) is 58.5 Å². The molecule has 2 aliphatic heterocycles. The van der Waals surface area contributed by atoms with Gasteiger partial charge in [0.2, 0.25) is 17.7 Å². The molecule has 0 bridgehead atoms. The van der Waals surface area contributed by atoms with Gasteiger partial charge in [-0.1, -0.05) is 18.2 Å². The van der Waals surface area contributed by atoms with E-state index in [1.165, 1.54) is 0 Å². The number of hydrogen-bond acceptors (Lipinski definition) is 3. The van der Waals surface area contributed by atoms with Gasteiger partial charge in [0.1, 0.15) is 0 Å². The molecule has 7 heteroatoms. The van der Waals surface area contributed by atoms with E-state index < -0.39 is 0 Å². The van der Waals surface area contributed by atoms with Gasteiger partial charge in [0.05, 0.1) is 6.42 Å². The second-order valence-electron chi connectivity index (χ2n) is 8.02. The fourth-order valence-electron chi connectivity index (χ4n) is 4.43. The van der Waals surface area contributed by atoms with Gasteiger partial charge in [0.25, 0.3) is 0 Å². The van der Waals surface area contributed by atoms with Crippen LogP contribution in [0.25, 0.3) is 10.9 Å². The first-order chi connectivity index (χ1) is 14.0. The maximum absolute atomic E-state index is 12.8. The van der Waals surface area contributed by atoms with Gasteiger partial charge in [-0.2, -0.15) is 0 Å². The first-order valence-corrected chi connectivity index (χ1v) is 10.4. The van der Waals surface area contributed by atoms with Crippen LogP contribution < -0.4 is 0 Å². The molecule has 0 saturated carbocycles. The summed E-state index contributed by atoms with van der Waals surface area (Å²) in [5.41, 5.74) is 2.07. The number of nitrogens with one attached hydrogen (secondary N) is 1. The van der Waals surface area contributed by atoms with E-state index >= 15 is 0 Å². The number of fused-ring (bicyclic) bond motifs is 1. The van der Waals surface area contributed by atoms with Crippen LogP contribution in [0.2, 0.25) is 0 Å². The second kappa shape index (κ2) is 8.27. The molecule has 0 atom stereocenters. The van der Waals surface area contributed by atoms with Crippen molar-refractivity contribution in [3.63, 3.8) is 0 Å². The molecule has 3 heterocycles. The summed E-state index contributed by atoms with van der Waals surface area (Å²) in [5.74, 6) is 0.350. The number of carbonyl (C=O) groups excluding carboxylic acids is 3. The van der Waals surface area contributed by atoms with Gasteiger partial charge >= 0.3 is 0 Å². The SMILES string of the molecule is CC(=O)N1CCN(C(=O)C2CCN(C(=O)Cc3c[nH]c4ccccc34)CC2)CC1. The Morgan fingerprint density at radius 3 is 2.28 bits per heavy atom. The van der Waals surface area contributed by atoms with Crippen molar-refractivity contribution in [2.75, 3.05) is 39.3 Å². The van der Waals surface area contributed by atoms with E-state index in [9.17, 15) is 14.4 Å². The van der Waals surface area contributed by atoms with E-state index in [1.807, 2.05) is 40.3 Å². The molecule has 7 nitrogen and oxygen atoms in total. The van der Waals surface area contributed by atoms with E-state index in [-0.39, 0.29) is 23.6 Å². The summed E-state index contributed by atoms with van der Waals surface area (Å²) in [4.78, 5) is 45.8. The highest BCUT2D eigenvalue weighted by molar-refractivity contribution is 5.89. The Balaban J connectivity index is 1.28. The molecular weight excluding hydrogens is 368 g/mol. The molecule has 4 rings (SSSR count). The molecule has 1 N–H and O–H groups in total. The van der Waals surface area contributed by atoms with Crippen molar-refractivity contribution >= 4 is 28.6 Å². The van der Waals surface area contributed by atoms with Crippen LogP contribution >= 0.6 is 0 Å². The number of hydrogen-bond donors (Lipinski definition) is 1. The summed E-state index contributed by atoms with van der Waals surface area (Å²) < 4.78 is 0. The third-order valence-corrected chi connectivity index (χ3v) is 6.25. The fourth-order valence-corrected chi connectivity index (χ4v) is 4.43. The summed E-state index contributed by atoms with van der Waals surface area (Å²) in [6.07, 6.45) is 3.73. The molecule has 0 spiro atoms. The molecule has 1 aromatic carbocycles. The molecule has 0 unspecified atom stereocenters. The maximum Gasteiger partial charge on any atom is 0.227 e. The molecule has 29 heavy (non-hydrogen) atoms. The number of H-pyrrole nitrogens is 1. The smallest absolute Gasteiger partial charge is 0.227 e. The average Bonchev–Trinajstić information content (AvgIpc) is 3.16. The largest absolute Gasteiger partial charge is 0.361 e. The van der Waals surface area contributed by atoms with Gasteiger partial charge in [-0.05, 0) is 24.5 Å². The van der Waals surface area contributed by atoms with E-state index in [0.717, 1.165) is 16.5 Å². The zero-order valence-electron chi connectivity index (χ0n) is 16.9. The molecule has 2 aliphatic rings. The monoisotopic (exact) mass is 396 g/mol. The number of aromatic amines is 1. The summed E-state index contributed by atoms with van der Waals surface area (Å²) in [5, 5.41) is 1.09. The van der Waals surface area contributed by atoms with Gasteiger partial charge in [0, 0.05) is 69.2 Å². The van der Waals surface area contributed by atoms with Crippen LogP contribution in [0.3, 0.4) is 0 Å². The minimum absolute atomic E-state index is 0.0176. The molecule has 2 aromatic rings. The number of likely N-dealkylation sites (tertiary alicyclic amines) is 1. The topological polar surface area (TPSA) is 76.7 Å². The van der Waals surface area contributed by atoms with Crippen LogP contribution in [0.1, 0.15) is 25.3 Å². The average molecular weight is 396 g/mol. The molecule has 0 radical (unpaired) electrons. The van der Waals surface area contributed by atoms with Gasteiger partial charge in [-0.15, -0.1) is 0 Å². The highest BCUT2D eigenvalue weighted by atomic mass is 16.2. The van der Waals surface area contributed by atoms with Gasteiger partial charge < -0.3 is 19.7 Å². The van der Waals surface area contributed by atoms with Crippen molar-refractivity contribution in [3.05, 3.63) is 36.0 Å².